The number of hydrogen-bond acceptors (Lipinski definition) is 3. The lowest BCUT2D eigenvalue weighted by molar-refractivity contribution is 0.409. The zero-order chi connectivity index (χ0) is 14.9. The Balaban J connectivity index is 0.00000242. The van der Waals surface area contributed by atoms with Crippen molar-refractivity contribution in [1.29, 1.82) is 0 Å². The fourth-order valence-electron chi connectivity index (χ4n) is 2.46. The average molecular weight is 435 g/mol. The van der Waals surface area contributed by atoms with Crippen LogP contribution in [0.25, 0.3) is 0 Å². The largest absolute Gasteiger partial charge is 0.496 e. The summed E-state index contributed by atoms with van der Waals surface area (Å²) < 4.78 is 5.37. The van der Waals surface area contributed by atoms with E-state index in [-0.39, 0.29) is 24.0 Å². The van der Waals surface area contributed by atoms with Gasteiger partial charge in [-0.3, -0.25) is 4.99 Å². The summed E-state index contributed by atoms with van der Waals surface area (Å²) in [7, 11) is 3.53. The van der Waals surface area contributed by atoms with Gasteiger partial charge in [-0.1, -0.05) is 18.2 Å². The molecule has 4 nitrogen and oxygen atoms in total. The van der Waals surface area contributed by atoms with Crippen LogP contribution in [0, 0.1) is 0 Å². The minimum atomic E-state index is 0. The summed E-state index contributed by atoms with van der Waals surface area (Å²) in [5, 5.41) is 7.51. The van der Waals surface area contributed by atoms with E-state index in [1.54, 1.807) is 7.11 Å². The van der Waals surface area contributed by atoms with E-state index in [9.17, 15) is 0 Å². The van der Waals surface area contributed by atoms with Crippen LogP contribution in [-0.2, 0) is 6.42 Å². The molecule has 0 aliphatic carbocycles. The number of methoxy groups -OCH3 is 1. The SMILES string of the molecule is CN=C(NCCc1ccccc1OC)NCC1CCCS1.I. The molecule has 1 aromatic carbocycles. The Bertz CT molecular complexity index is 464. The first-order valence-electron chi connectivity index (χ1n) is 7.51. The summed E-state index contributed by atoms with van der Waals surface area (Å²) >= 11 is 2.06. The third-order valence-corrected chi connectivity index (χ3v) is 5.02. The van der Waals surface area contributed by atoms with Crippen LogP contribution < -0.4 is 15.4 Å². The predicted molar refractivity (Wildman–Crippen MR) is 107 cm³/mol. The maximum Gasteiger partial charge on any atom is 0.191 e. The molecular formula is C16H26IN3OS. The van der Waals surface area contributed by atoms with E-state index in [4.69, 9.17) is 4.74 Å². The van der Waals surface area contributed by atoms with Gasteiger partial charge in [0.05, 0.1) is 7.11 Å². The number of ether oxygens (including phenoxy) is 1. The quantitative estimate of drug-likeness (QED) is 0.410. The molecule has 0 spiro atoms. The van der Waals surface area contributed by atoms with Gasteiger partial charge in [-0.05, 0) is 36.6 Å². The molecule has 6 heteroatoms. The molecule has 1 fully saturated rings. The summed E-state index contributed by atoms with van der Waals surface area (Å²) in [4.78, 5) is 4.28. The van der Waals surface area contributed by atoms with Crippen LogP contribution >= 0.6 is 35.7 Å². The highest BCUT2D eigenvalue weighted by Gasteiger charge is 2.15. The van der Waals surface area contributed by atoms with Gasteiger partial charge in [0.15, 0.2) is 5.96 Å². The average Bonchev–Trinajstić information content (AvgIpc) is 3.04. The zero-order valence-corrected chi connectivity index (χ0v) is 16.4. The highest BCUT2D eigenvalue weighted by atomic mass is 127. The Kier molecular flexibility index (Phi) is 9.70. The first-order chi connectivity index (χ1) is 10.3. The van der Waals surface area contributed by atoms with E-state index >= 15 is 0 Å². The summed E-state index contributed by atoms with van der Waals surface area (Å²) in [6, 6.07) is 8.14. The maximum atomic E-state index is 5.37. The molecule has 124 valence electrons. The minimum absolute atomic E-state index is 0. The highest BCUT2D eigenvalue weighted by molar-refractivity contribution is 14.0. The van der Waals surface area contributed by atoms with Crippen LogP contribution in [0.4, 0.5) is 0 Å². The molecule has 2 rings (SSSR count). The standard InChI is InChI=1S/C16H25N3OS.HI/c1-17-16(19-12-14-7-5-11-21-14)18-10-9-13-6-3-4-8-15(13)20-2;/h3-4,6,8,14H,5,7,9-12H2,1-2H3,(H2,17,18,19);1H. The van der Waals surface area contributed by atoms with Crippen molar-refractivity contribution in [3.63, 3.8) is 0 Å². The van der Waals surface area contributed by atoms with Crippen molar-refractivity contribution >= 4 is 41.7 Å². The number of halogens is 1. The smallest absolute Gasteiger partial charge is 0.191 e. The number of nitrogens with one attached hydrogen (secondary N) is 2. The van der Waals surface area contributed by atoms with Gasteiger partial charge in [0.1, 0.15) is 5.75 Å². The zero-order valence-electron chi connectivity index (χ0n) is 13.3. The topological polar surface area (TPSA) is 45.7 Å². The van der Waals surface area contributed by atoms with Gasteiger partial charge in [-0.15, -0.1) is 24.0 Å². The summed E-state index contributed by atoms with van der Waals surface area (Å²) in [6.45, 7) is 1.84. The van der Waals surface area contributed by atoms with E-state index in [2.05, 4.69) is 33.5 Å². The molecule has 1 aliphatic rings. The lowest BCUT2D eigenvalue weighted by Gasteiger charge is -2.15. The Morgan fingerprint density at radius 2 is 2.18 bits per heavy atom. The Hall–Kier alpha value is -0.630. The van der Waals surface area contributed by atoms with E-state index < -0.39 is 0 Å². The van der Waals surface area contributed by atoms with Gasteiger partial charge in [0, 0.05) is 25.4 Å². The van der Waals surface area contributed by atoms with Gasteiger partial charge >= 0.3 is 0 Å². The number of hydrogen-bond donors (Lipinski definition) is 2. The minimum Gasteiger partial charge on any atom is -0.496 e. The third-order valence-electron chi connectivity index (χ3n) is 3.62. The van der Waals surface area contributed by atoms with Crippen molar-refractivity contribution in [1.82, 2.24) is 10.6 Å². The van der Waals surface area contributed by atoms with E-state index in [1.165, 1.54) is 24.2 Å². The fraction of sp³-hybridized carbons (Fsp3) is 0.562. The predicted octanol–water partition coefficient (Wildman–Crippen LogP) is 2.92. The molecule has 1 unspecified atom stereocenters. The molecule has 22 heavy (non-hydrogen) atoms. The van der Waals surface area contributed by atoms with Gasteiger partial charge < -0.3 is 15.4 Å². The normalized spacial score (nSPS) is 17.7. The van der Waals surface area contributed by atoms with Crippen molar-refractivity contribution < 1.29 is 4.74 Å². The van der Waals surface area contributed by atoms with E-state index in [1.807, 2.05) is 25.2 Å². The second-order valence-corrected chi connectivity index (χ2v) is 6.49. The summed E-state index contributed by atoms with van der Waals surface area (Å²) in [5.74, 6) is 3.13. The molecule has 0 saturated carbocycles. The number of aliphatic imine (C=N–C) groups is 1. The molecule has 1 aromatic rings. The number of guanidine groups is 1. The second-order valence-electron chi connectivity index (χ2n) is 5.08. The molecule has 1 heterocycles. The van der Waals surface area contributed by atoms with Gasteiger partial charge in [-0.25, -0.2) is 0 Å². The number of thioether (sulfide) groups is 1. The first kappa shape index (κ1) is 19.4. The van der Waals surface area contributed by atoms with Crippen LogP contribution in [-0.4, -0.2) is 44.2 Å². The molecule has 2 N–H and O–H groups in total. The molecule has 0 aromatic heterocycles. The Labute approximate surface area is 154 Å². The van der Waals surface area contributed by atoms with Crippen LogP contribution in [0.1, 0.15) is 18.4 Å². The van der Waals surface area contributed by atoms with Crippen molar-refractivity contribution in [2.24, 2.45) is 4.99 Å². The van der Waals surface area contributed by atoms with E-state index in [0.29, 0.717) is 0 Å². The molecule has 0 bridgehead atoms. The Morgan fingerprint density at radius 1 is 1.36 bits per heavy atom. The van der Waals surface area contributed by atoms with Gasteiger partial charge in [-0.2, -0.15) is 11.8 Å². The van der Waals surface area contributed by atoms with Gasteiger partial charge in [0.2, 0.25) is 0 Å². The molecular weight excluding hydrogens is 409 g/mol. The van der Waals surface area contributed by atoms with E-state index in [0.717, 1.165) is 36.5 Å². The molecule has 1 saturated heterocycles. The molecule has 0 amide bonds. The lowest BCUT2D eigenvalue weighted by Crippen LogP contribution is -2.40. The summed E-state index contributed by atoms with van der Waals surface area (Å²) in [5.41, 5.74) is 1.22. The number of para-hydroxylation sites is 1. The highest BCUT2D eigenvalue weighted by Crippen LogP contribution is 2.25. The van der Waals surface area contributed by atoms with Crippen molar-refractivity contribution in [3.8, 4) is 5.75 Å². The van der Waals surface area contributed by atoms with Crippen LogP contribution in [0.15, 0.2) is 29.3 Å². The first-order valence-corrected chi connectivity index (χ1v) is 8.56. The molecule has 1 aliphatic heterocycles. The van der Waals surface area contributed by atoms with Crippen molar-refractivity contribution in [2.45, 2.75) is 24.5 Å². The summed E-state index contributed by atoms with van der Waals surface area (Å²) in [6.07, 6.45) is 3.58. The number of benzene rings is 1. The van der Waals surface area contributed by atoms with Gasteiger partial charge in [0.25, 0.3) is 0 Å². The monoisotopic (exact) mass is 435 g/mol. The van der Waals surface area contributed by atoms with Crippen LogP contribution in [0.3, 0.4) is 0 Å². The maximum absolute atomic E-state index is 5.37. The van der Waals surface area contributed by atoms with Crippen molar-refractivity contribution in [2.75, 3.05) is 33.0 Å². The second kappa shape index (κ2) is 11.0. The van der Waals surface area contributed by atoms with Crippen molar-refractivity contribution in [3.05, 3.63) is 29.8 Å². The van der Waals surface area contributed by atoms with Crippen LogP contribution in [0.2, 0.25) is 0 Å². The third kappa shape index (κ3) is 6.24. The van der Waals surface area contributed by atoms with Crippen LogP contribution in [0.5, 0.6) is 5.75 Å². The Morgan fingerprint density at radius 3 is 2.86 bits per heavy atom. The molecule has 1 atom stereocenters. The number of rotatable bonds is 6. The fourth-order valence-corrected chi connectivity index (χ4v) is 3.66. The lowest BCUT2D eigenvalue weighted by atomic mass is 10.1. The number of nitrogens with zero attached hydrogens (tertiary/aromatic N) is 1. The molecule has 0 radical (unpaired) electrons.